The van der Waals surface area contributed by atoms with Crippen molar-refractivity contribution in [2.24, 2.45) is 0 Å². The van der Waals surface area contributed by atoms with Crippen molar-refractivity contribution in [1.29, 1.82) is 0 Å². The van der Waals surface area contributed by atoms with Gasteiger partial charge < -0.3 is 15.3 Å². The standard InChI is InChI=1S/C15H20Cl2N2O2/c1-10(15(21)19-5-3-2-4-6-19)18-9-11-7-12(16)8-13(17)14(11)20/h7-8,10,18,20H,2-6,9H2,1H3. The number of phenolic OH excluding ortho intramolecular Hbond substituents is 1. The van der Waals surface area contributed by atoms with E-state index in [1.807, 2.05) is 11.8 Å². The molecule has 1 aliphatic heterocycles. The third-order valence-electron chi connectivity index (χ3n) is 3.74. The lowest BCUT2D eigenvalue weighted by atomic mass is 10.1. The Morgan fingerprint density at radius 3 is 2.67 bits per heavy atom. The van der Waals surface area contributed by atoms with Gasteiger partial charge in [0, 0.05) is 30.2 Å². The van der Waals surface area contributed by atoms with E-state index in [4.69, 9.17) is 23.2 Å². The number of amides is 1. The van der Waals surface area contributed by atoms with Crippen LogP contribution in [0.15, 0.2) is 12.1 Å². The molecule has 0 radical (unpaired) electrons. The van der Waals surface area contributed by atoms with Crippen molar-refractivity contribution >= 4 is 29.1 Å². The molecule has 2 N–H and O–H groups in total. The highest BCUT2D eigenvalue weighted by atomic mass is 35.5. The SMILES string of the molecule is CC(NCc1cc(Cl)cc(Cl)c1O)C(=O)N1CCCCC1. The zero-order chi connectivity index (χ0) is 15.4. The van der Waals surface area contributed by atoms with E-state index in [2.05, 4.69) is 5.32 Å². The second-order valence-electron chi connectivity index (χ2n) is 5.38. The van der Waals surface area contributed by atoms with E-state index in [0.717, 1.165) is 25.9 Å². The monoisotopic (exact) mass is 330 g/mol. The number of likely N-dealkylation sites (tertiary alicyclic amines) is 1. The number of nitrogens with one attached hydrogen (secondary N) is 1. The highest BCUT2D eigenvalue weighted by molar-refractivity contribution is 6.35. The maximum absolute atomic E-state index is 12.3. The first kappa shape index (κ1) is 16.4. The molecule has 0 aromatic heterocycles. The summed E-state index contributed by atoms with van der Waals surface area (Å²) in [6.07, 6.45) is 3.34. The highest BCUT2D eigenvalue weighted by Gasteiger charge is 2.22. The average molecular weight is 331 g/mol. The molecule has 0 bridgehead atoms. The molecule has 1 saturated heterocycles. The quantitative estimate of drug-likeness (QED) is 0.891. The Bertz CT molecular complexity index is 517. The van der Waals surface area contributed by atoms with Crippen molar-refractivity contribution in [2.75, 3.05) is 13.1 Å². The van der Waals surface area contributed by atoms with E-state index in [9.17, 15) is 9.90 Å². The number of phenols is 1. The molecule has 21 heavy (non-hydrogen) atoms. The molecule has 1 aromatic rings. The minimum Gasteiger partial charge on any atom is -0.506 e. The molecule has 116 valence electrons. The van der Waals surface area contributed by atoms with Gasteiger partial charge >= 0.3 is 0 Å². The molecule has 2 rings (SSSR count). The number of aromatic hydroxyl groups is 1. The normalized spacial score (nSPS) is 16.8. The zero-order valence-corrected chi connectivity index (χ0v) is 13.5. The summed E-state index contributed by atoms with van der Waals surface area (Å²) >= 11 is 11.8. The zero-order valence-electron chi connectivity index (χ0n) is 12.0. The van der Waals surface area contributed by atoms with Gasteiger partial charge in [-0.05, 0) is 38.3 Å². The smallest absolute Gasteiger partial charge is 0.239 e. The van der Waals surface area contributed by atoms with Gasteiger partial charge in [-0.1, -0.05) is 23.2 Å². The lowest BCUT2D eigenvalue weighted by Crippen LogP contribution is -2.46. The Labute approximate surface area is 135 Å². The number of hydrogen-bond donors (Lipinski definition) is 2. The van der Waals surface area contributed by atoms with Crippen LogP contribution in [0.4, 0.5) is 0 Å². The summed E-state index contributed by atoms with van der Waals surface area (Å²) in [6, 6.07) is 2.83. The first-order valence-corrected chi connectivity index (χ1v) is 7.93. The number of piperidine rings is 1. The Morgan fingerprint density at radius 1 is 1.33 bits per heavy atom. The van der Waals surface area contributed by atoms with Crippen LogP contribution < -0.4 is 5.32 Å². The van der Waals surface area contributed by atoms with Gasteiger partial charge in [-0.15, -0.1) is 0 Å². The fourth-order valence-corrected chi connectivity index (χ4v) is 3.03. The molecule has 1 aliphatic rings. The van der Waals surface area contributed by atoms with Gasteiger partial charge in [0.05, 0.1) is 11.1 Å². The first-order chi connectivity index (χ1) is 9.99. The lowest BCUT2D eigenvalue weighted by molar-refractivity contribution is -0.133. The minimum absolute atomic E-state index is 0.00573. The largest absolute Gasteiger partial charge is 0.506 e. The van der Waals surface area contributed by atoms with Crippen LogP contribution in [-0.4, -0.2) is 35.0 Å². The molecular weight excluding hydrogens is 311 g/mol. The molecule has 1 amide bonds. The molecule has 1 aromatic carbocycles. The van der Waals surface area contributed by atoms with Crippen LogP contribution in [0.1, 0.15) is 31.7 Å². The predicted molar refractivity (Wildman–Crippen MR) is 84.9 cm³/mol. The van der Waals surface area contributed by atoms with Gasteiger partial charge in [-0.25, -0.2) is 0 Å². The van der Waals surface area contributed by atoms with E-state index >= 15 is 0 Å². The van der Waals surface area contributed by atoms with Crippen molar-refractivity contribution in [1.82, 2.24) is 10.2 Å². The number of halogens is 2. The number of carbonyl (C=O) groups is 1. The van der Waals surface area contributed by atoms with Crippen molar-refractivity contribution in [3.63, 3.8) is 0 Å². The first-order valence-electron chi connectivity index (χ1n) is 7.18. The molecule has 1 fully saturated rings. The maximum atomic E-state index is 12.3. The summed E-state index contributed by atoms with van der Waals surface area (Å²) in [6.45, 7) is 3.84. The molecule has 4 nitrogen and oxygen atoms in total. The second kappa shape index (κ2) is 7.34. The predicted octanol–water partition coefficient (Wildman–Crippen LogP) is 3.19. The van der Waals surface area contributed by atoms with Crippen LogP contribution in [0.25, 0.3) is 0 Å². The highest BCUT2D eigenvalue weighted by Crippen LogP contribution is 2.31. The van der Waals surface area contributed by atoms with Crippen LogP contribution in [0.5, 0.6) is 5.75 Å². The Morgan fingerprint density at radius 2 is 2.00 bits per heavy atom. The summed E-state index contributed by atoms with van der Waals surface area (Å²) in [4.78, 5) is 14.2. The van der Waals surface area contributed by atoms with Crippen molar-refractivity contribution in [3.05, 3.63) is 27.7 Å². The Hall–Kier alpha value is -0.970. The maximum Gasteiger partial charge on any atom is 0.239 e. The van der Waals surface area contributed by atoms with Gasteiger partial charge in [0.25, 0.3) is 0 Å². The van der Waals surface area contributed by atoms with Crippen LogP contribution in [0.2, 0.25) is 10.0 Å². The lowest BCUT2D eigenvalue weighted by Gasteiger charge is -2.29. The minimum atomic E-state index is -0.305. The molecule has 0 spiro atoms. The van der Waals surface area contributed by atoms with Gasteiger partial charge in [-0.2, -0.15) is 0 Å². The summed E-state index contributed by atoms with van der Waals surface area (Å²) in [5, 5.41) is 13.7. The third kappa shape index (κ3) is 4.25. The van der Waals surface area contributed by atoms with Gasteiger partial charge in [0.2, 0.25) is 5.91 Å². The number of benzene rings is 1. The fourth-order valence-electron chi connectivity index (χ4n) is 2.49. The van der Waals surface area contributed by atoms with Crippen LogP contribution in [-0.2, 0) is 11.3 Å². The summed E-state index contributed by atoms with van der Waals surface area (Å²) < 4.78 is 0. The van der Waals surface area contributed by atoms with Crippen molar-refractivity contribution in [2.45, 2.75) is 38.8 Å². The molecule has 1 heterocycles. The average Bonchev–Trinajstić information content (AvgIpc) is 2.49. The summed E-state index contributed by atoms with van der Waals surface area (Å²) in [5.74, 6) is 0.105. The van der Waals surface area contributed by atoms with E-state index in [0.29, 0.717) is 17.1 Å². The fraction of sp³-hybridized carbons (Fsp3) is 0.533. The molecule has 1 atom stereocenters. The number of hydrogen-bond acceptors (Lipinski definition) is 3. The Balaban J connectivity index is 1.94. The number of carbonyl (C=O) groups excluding carboxylic acids is 1. The Kier molecular flexibility index (Phi) is 5.73. The summed E-state index contributed by atoms with van der Waals surface area (Å²) in [7, 11) is 0. The molecule has 6 heteroatoms. The van der Waals surface area contributed by atoms with E-state index < -0.39 is 0 Å². The van der Waals surface area contributed by atoms with E-state index in [1.165, 1.54) is 12.5 Å². The molecule has 0 aliphatic carbocycles. The van der Waals surface area contributed by atoms with Gasteiger partial charge in [-0.3, -0.25) is 4.79 Å². The van der Waals surface area contributed by atoms with Crippen LogP contribution >= 0.6 is 23.2 Å². The van der Waals surface area contributed by atoms with E-state index in [1.54, 1.807) is 6.07 Å². The van der Waals surface area contributed by atoms with Gasteiger partial charge in [0.15, 0.2) is 0 Å². The third-order valence-corrected chi connectivity index (χ3v) is 4.25. The van der Waals surface area contributed by atoms with Crippen molar-refractivity contribution in [3.8, 4) is 5.75 Å². The molecule has 0 saturated carbocycles. The summed E-state index contributed by atoms with van der Waals surface area (Å²) in [5.41, 5.74) is 0.589. The second-order valence-corrected chi connectivity index (χ2v) is 6.23. The van der Waals surface area contributed by atoms with Crippen LogP contribution in [0, 0.1) is 0 Å². The topological polar surface area (TPSA) is 52.6 Å². The van der Waals surface area contributed by atoms with E-state index in [-0.39, 0.29) is 22.7 Å². The molecular formula is C15H20Cl2N2O2. The molecule has 1 unspecified atom stereocenters. The number of nitrogens with zero attached hydrogens (tertiary/aromatic N) is 1. The number of rotatable bonds is 4. The van der Waals surface area contributed by atoms with Gasteiger partial charge in [0.1, 0.15) is 5.75 Å². The van der Waals surface area contributed by atoms with Crippen molar-refractivity contribution < 1.29 is 9.90 Å². The van der Waals surface area contributed by atoms with Crippen LogP contribution in [0.3, 0.4) is 0 Å².